The van der Waals surface area contributed by atoms with Gasteiger partial charge >= 0.3 is 0 Å². The summed E-state index contributed by atoms with van der Waals surface area (Å²) in [5.74, 6) is 1.80. The third-order valence-corrected chi connectivity index (χ3v) is 3.83. The van der Waals surface area contributed by atoms with Gasteiger partial charge in [0.2, 0.25) is 5.91 Å². The molecular weight excluding hydrogens is 188 g/mol. The molecule has 3 heteroatoms. The zero-order valence-electron chi connectivity index (χ0n) is 9.54. The van der Waals surface area contributed by atoms with E-state index in [1.807, 2.05) is 0 Å². The lowest BCUT2D eigenvalue weighted by molar-refractivity contribution is -0.122. The molecule has 1 amide bonds. The van der Waals surface area contributed by atoms with Crippen LogP contribution in [-0.2, 0) is 4.79 Å². The molecule has 0 bridgehead atoms. The van der Waals surface area contributed by atoms with Crippen LogP contribution in [0.1, 0.15) is 39.0 Å². The molecule has 0 saturated heterocycles. The number of rotatable bonds is 3. The molecular formula is C12H22N2O. The van der Waals surface area contributed by atoms with Gasteiger partial charge in [0, 0.05) is 18.5 Å². The largest absolute Gasteiger partial charge is 0.356 e. The molecule has 15 heavy (non-hydrogen) atoms. The van der Waals surface area contributed by atoms with E-state index in [1.54, 1.807) is 0 Å². The normalized spacial score (nSPS) is 39.9. The molecule has 2 rings (SSSR count). The lowest BCUT2D eigenvalue weighted by Crippen LogP contribution is -2.36. The molecule has 4 atom stereocenters. The summed E-state index contributed by atoms with van der Waals surface area (Å²) >= 11 is 0. The van der Waals surface area contributed by atoms with Crippen molar-refractivity contribution in [1.82, 2.24) is 5.32 Å². The molecule has 0 aromatic heterocycles. The maximum atomic E-state index is 11.6. The molecule has 2 saturated carbocycles. The Bertz CT molecular complexity index is 242. The second-order valence-corrected chi connectivity index (χ2v) is 5.36. The Morgan fingerprint density at radius 3 is 2.73 bits per heavy atom. The first-order valence-corrected chi connectivity index (χ1v) is 6.20. The van der Waals surface area contributed by atoms with E-state index in [-0.39, 0.29) is 5.91 Å². The maximum absolute atomic E-state index is 11.6. The maximum Gasteiger partial charge on any atom is 0.223 e. The third-order valence-electron chi connectivity index (χ3n) is 3.83. The average Bonchev–Trinajstić information content (AvgIpc) is 2.92. The van der Waals surface area contributed by atoms with Gasteiger partial charge in [-0.25, -0.2) is 0 Å². The summed E-state index contributed by atoms with van der Waals surface area (Å²) in [4.78, 5) is 11.6. The van der Waals surface area contributed by atoms with E-state index in [0.717, 1.165) is 25.8 Å². The van der Waals surface area contributed by atoms with Crippen LogP contribution < -0.4 is 11.1 Å². The van der Waals surface area contributed by atoms with Gasteiger partial charge < -0.3 is 11.1 Å². The van der Waals surface area contributed by atoms with Gasteiger partial charge in [0.05, 0.1) is 0 Å². The van der Waals surface area contributed by atoms with Gasteiger partial charge in [-0.1, -0.05) is 13.3 Å². The first-order valence-electron chi connectivity index (χ1n) is 6.20. The Kier molecular flexibility index (Phi) is 3.29. The number of carbonyl (C=O) groups excluding carboxylic acids is 1. The third kappa shape index (κ3) is 2.94. The van der Waals surface area contributed by atoms with Gasteiger partial charge in [0.1, 0.15) is 0 Å². The predicted molar refractivity (Wildman–Crippen MR) is 60.2 cm³/mol. The van der Waals surface area contributed by atoms with Crippen molar-refractivity contribution >= 4 is 5.91 Å². The van der Waals surface area contributed by atoms with Crippen LogP contribution in [0.15, 0.2) is 0 Å². The Labute approximate surface area is 91.8 Å². The molecule has 4 unspecified atom stereocenters. The van der Waals surface area contributed by atoms with E-state index in [0.29, 0.717) is 23.8 Å². The van der Waals surface area contributed by atoms with E-state index in [4.69, 9.17) is 5.73 Å². The van der Waals surface area contributed by atoms with E-state index in [1.165, 1.54) is 12.8 Å². The molecule has 0 spiro atoms. The summed E-state index contributed by atoms with van der Waals surface area (Å²) < 4.78 is 0. The quantitative estimate of drug-likeness (QED) is 0.737. The van der Waals surface area contributed by atoms with Gasteiger partial charge in [-0.15, -0.1) is 0 Å². The molecule has 2 aliphatic carbocycles. The molecule has 0 heterocycles. The molecule has 0 aliphatic heterocycles. The van der Waals surface area contributed by atoms with Crippen LogP contribution in [0.5, 0.6) is 0 Å². The summed E-state index contributed by atoms with van der Waals surface area (Å²) in [6.45, 7) is 2.98. The van der Waals surface area contributed by atoms with Crippen molar-refractivity contribution in [3.63, 3.8) is 0 Å². The van der Waals surface area contributed by atoms with Crippen molar-refractivity contribution < 1.29 is 4.79 Å². The van der Waals surface area contributed by atoms with E-state index in [9.17, 15) is 4.79 Å². The molecule has 3 nitrogen and oxygen atoms in total. The Morgan fingerprint density at radius 1 is 1.40 bits per heavy atom. The molecule has 2 aliphatic rings. The zero-order chi connectivity index (χ0) is 10.8. The fourth-order valence-corrected chi connectivity index (χ4v) is 2.58. The van der Waals surface area contributed by atoms with Crippen molar-refractivity contribution in [2.24, 2.45) is 23.5 Å². The van der Waals surface area contributed by atoms with Gasteiger partial charge in [-0.05, 0) is 37.5 Å². The average molecular weight is 210 g/mol. The van der Waals surface area contributed by atoms with Crippen molar-refractivity contribution in [2.75, 3.05) is 6.54 Å². The van der Waals surface area contributed by atoms with Crippen molar-refractivity contribution in [2.45, 2.75) is 45.1 Å². The number of hydrogen-bond acceptors (Lipinski definition) is 2. The van der Waals surface area contributed by atoms with Crippen LogP contribution in [0.3, 0.4) is 0 Å². The Hall–Kier alpha value is -0.570. The number of amides is 1. The van der Waals surface area contributed by atoms with Crippen molar-refractivity contribution in [3.8, 4) is 0 Å². The molecule has 0 aromatic rings. The summed E-state index contributed by atoms with van der Waals surface area (Å²) in [5, 5.41) is 3.07. The highest BCUT2D eigenvalue weighted by Crippen LogP contribution is 2.37. The van der Waals surface area contributed by atoms with E-state index in [2.05, 4.69) is 12.2 Å². The molecule has 86 valence electrons. The lowest BCUT2D eigenvalue weighted by Gasteiger charge is -2.26. The van der Waals surface area contributed by atoms with Gasteiger partial charge in [-0.3, -0.25) is 4.79 Å². The summed E-state index contributed by atoms with van der Waals surface area (Å²) in [6, 6.07) is 0.362. The van der Waals surface area contributed by atoms with Crippen LogP contribution in [0, 0.1) is 17.8 Å². The highest BCUT2D eigenvalue weighted by atomic mass is 16.2. The highest BCUT2D eigenvalue weighted by Gasteiger charge is 2.39. The standard InChI is InChI=1S/C12H22N2O/c1-8-5-11(8)12(15)14-7-9-3-2-4-10(13)6-9/h8-11H,2-7,13H2,1H3,(H,14,15). The van der Waals surface area contributed by atoms with Crippen molar-refractivity contribution in [3.05, 3.63) is 0 Å². The second-order valence-electron chi connectivity index (χ2n) is 5.36. The smallest absolute Gasteiger partial charge is 0.223 e. The lowest BCUT2D eigenvalue weighted by atomic mass is 9.86. The molecule has 0 aromatic carbocycles. The highest BCUT2D eigenvalue weighted by molar-refractivity contribution is 5.81. The number of hydrogen-bond donors (Lipinski definition) is 2. The minimum atomic E-state index is 0.265. The molecule has 0 radical (unpaired) electrons. The minimum Gasteiger partial charge on any atom is -0.356 e. The van der Waals surface area contributed by atoms with E-state index < -0.39 is 0 Å². The predicted octanol–water partition coefficient (Wildman–Crippen LogP) is 1.28. The van der Waals surface area contributed by atoms with Crippen LogP contribution in [0.4, 0.5) is 0 Å². The summed E-state index contributed by atoms with van der Waals surface area (Å²) in [6.07, 6.45) is 5.77. The van der Waals surface area contributed by atoms with Crippen LogP contribution in [-0.4, -0.2) is 18.5 Å². The second kappa shape index (κ2) is 4.52. The minimum absolute atomic E-state index is 0.265. The summed E-state index contributed by atoms with van der Waals surface area (Å²) in [7, 11) is 0. The fourth-order valence-electron chi connectivity index (χ4n) is 2.58. The Morgan fingerprint density at radius 2 is 2.13 bits per heavy atom. The monoisotopic (exact) mass is 210 g/mol. The van der Waals surface area contributed by atoms with Crippen molar-refractivity contribution in [1.29, 1.82) is 0 Å². The first kappa shape index (κ1) is 10.9. The zero-order valence-corrected chi connectivity index (χ0v) is 9.54. The SMILES string of the molecule is CC1CC1C(=O)NCC1CCCC(N)C1. The van der Waals surface area contributed by atoms with E-state index >= 15 is 0 Å². The Balaban J connectivity index is 1.66. The summed E-state index contributed by atoms with van der Waals surface area (Å²) in [5.41, 5.74) is 5.91. The number of nitrogens with two attached hydrogens (primary N) is 1. The molecule has 3 N–H and O–H groups in total. The fraction of sp³-hybridized carbons (Fsp3) is 0.917. The number of nitrogens with one attached hydrogen (secondary N) is 1. The van der Waals surface area contributed by atoms with Crippen LogP contribution in [0.2, 0.25) is 0 Å². The van der Waals surface area contributed by atoms with Crippen LogP contribution in [0.25, 0.3) is 0 Å². The van der Waals surface area contributed by atoms with Gasteiger partial charge in [-0.2, -0.15) is 0 Å². The van der Waals surface area contributed by atoms with Gasteiger partial charge in [0.25, 0.3) is 0 Å². The molecule has 2 fully saturated rings. The first-order chi connectivity index (χ1) is 7.16. The van der Waals surface area contributed by atoms with Crippen LogP contribution >= 0.6 is 0 Å². The number of carbonyl (C=O) groups is 1. The van der Waals surface area contributed by atoms with Gasteiger partial charge in [0.15, 0.2) is 0 Å². The topological polar surface area (TPSA) is 55.1 Å².